The van der Waals surface area contributed by atoms with Crippen LogP contribution in [0.4, 0.5) is 20.4 Å². The average Bonchev–Trinajstić information content (AvgIpc) is 3.05. The molecule has 2 saturated carbocycles. The second-order valence-corrected chi connectivity index (χ2v) is 12.1. The molecule has 0 spiro atoms. The van der Waals surface area contributed by atoms with Gasteiger partial charge in [0.2, 0.25) is 0 Å². The number of fused-ring (bicyclic) bond motifs is 2. The number of hydrogen-bond donors (Lipinski definition) is 7. The van der Waals surface area contributed by atoms with Crippen LogP contribution in [-0.4, -0.2) is 79.7 Å². The minimum absolute atomic E-state index is 0.0699. The molecule has 13 heteroatoms. The summed E-state index contributed by atoms with van der Waals surface area (Å²) in [5, 5.41) is 48.4. The molecule has 7 N–H and O–H groups in total. The number of carboxylic acids is 1. The van der Waals surface area contributed by atoms with Crippen LogP contribution in [0.5, 0.6) is 0 Å². The number of halogens is 2. The summed E-state index contributed by atoms with van der Waals surface area (Å²) in [6.07, 6.45) is 8.96. The van der Waals surface area contributed by atoms with E-state index < -0.39 is 23.5 Å². The molecule has 4 aromatic rings. The summed E-state index contributed by atoms with van der Waals surface area (Å²) in [5.41, 5.74) is 0.146. The Kier molecular flexibility index (Phi) is 11.1. The number of benzene rings is 2. The highest BCUT2D eigenvalue weighted by atomic mass is 19.1. The summed E-state index contributed by atoms with van der Waals surface area (Å²) in [6.45, 7) is -0.0711. The van der Waals surface area contributed by atoms with E-state index in [-0.39, 0.29) is 48.6 Å². The second-order valence-electron chi connectivity index (χ2n) is 12.1. The van der Waals surface area contributed by atoms with E-state index >= 15 is 0 Å². The highest BCUT2D eigenvalue weighted by Crippen LogP contribution is 2.27. The van der Waals surface area contributed by atoms with E-state index in [1.54, 1.807) is 18.3 Å². The molecule has 2 aliphatic carbocycles. The Labute approximate surface area is 270 Å². The molecule has 2 aromatic carbocycles. The van der Waals surface area contributed by atoms with E-state index in [4.69, 9.17) is 5.11 Å². The molecule has 0 radical (unpaired) electrons. The monoisotopic (exact) mass is 651 g/mol. The number of carbonyl (C=O) groups excluding carboxylic acids is 1. The Morgan fingerprint density at radius 3 is 1.60 bits per heavy atom. The average molecular weight is 652 g/mol. The fourth-order valence-electron chi connectivity index (χ4n) is 6.09. The normalized spacial score (nSPS) is 21.0. The number of nitrogens with one attached hydrogen (secondary N) is 3. The van der Waals surface area contributed by atoms with E-state index in [2.05, 4.69) is 25.9 Å². The summed E-state index contributed by atoms with van der Waals surface area (Å²) >= 11 is 0. The van der Waals surface area contributed by atoms with Gasteiger partial charge in [-0.15, -0.1) is 0 Å². The lowest BCUT2D eigenvalue weighted by molar-refractivity contribution is 0.0698. The Balaban J connectivity index is 0.000000186. The van der Waals surface area contributed by atoms with E-state index in [1.165, 1.54) is 24.4 Å². The molecular formula is C34H39F2N5O6. The van der Waals surface area contributed by atoms with Crippen molar-refractivity contribution in [1.82, 2.24) is 15.3 Å². The molecule has 0 bridgehead atoms. The van der Waals surface area contributed by atoms with Crippen LogP contribution in [-0.2, 0) is 0 Å². The van der Waals surface area contributed by atoms with Gasteiger partial charge >= 0.3 is 5.97 Å². The number of aromatic nitrogens is 2. The lowest BCUT2D eigenvalue weighted by atomic mass is 9.93. The summed E-state index contributed by atoms with van der Waals surface area (Å²) in [5.74, 6) is -1.50. The maximum atomic E-state index is 13.8. The molecule has 2 aromatic heterocycles. The zero-order chi connectivity index (χ0) is 33.5. The number of rotatable bonds is 8. The molecule has 0 unspecified atom stereocenters. The Morgan fingerprint density at radius 1 is 0.702 bits per heavy atom. The van der Waals surface area contributed by atoms with E-state index in [0.717, 1.165) is 57.4 Å². The summed E-state index contributed by atoms with van der Waals surface area (Å²) in [4.78, 5) is 32.1. The molecular weight excluding hydrogens is 612 g/mol. The van der Waals surface area contributed by atoms with Crippen molar-refractivity contribution in [3.63, 3.8) is 0 Å². The van der Waals surface area contributed by atoms with Gasteiger partial charge < -0.3 is 36.4 Å². The highest BCUT2D eigenvalue weighted by Gasteiger charge is 2.21. The van der Waals surface area contributed by atoms with Crippen LogP contribution in [0.25, 0.3) is 21.5 Å². The van der Waals surface area contributed by atoms with Crippen LogP contribution in [0.2, 0.25) is 0 Å². The first-order valence-electron chi connectivity index (χ1n) is 15.8. The first-order chi connectivity index (χ1) is 22.6. The Bertz CT molecular complexity index is 1720. The fraction of sp³-hybridized carbons (Fsp3) is 0.412. The number of nitrogens with zero attached hydrogens (tertiary/aromatic N) is 2. The fourth-order valence-corrected chi connectivity index (χ4v) is 6.09. The van der Waals surface area contributed by atoms with Crippen LogP contribution in [0.3, 0.4) is 0 Å². The third-order valence-electron chi connectivity index (χ3n) is 8.57. The van der Waals surface area contributed by atoms with E-state index in [9.17, 15) is 33.7 Å². The number of carboxylic acid groups (broad SMARTS) is 1. The number of pyridine rings is 2. The number of amides is 1. The SMILES string of the molecule is O=C(NCCO)c1cc(F)cc2cnc(NC3CCC(O)CC3)cc12.O=C(O)c1cc(F)cc2cnc(NC3CCC(O)CC3)cc12. The van der Waals surface area contributed by atoms with Crippen molar-refractivity contribution in [3.05, 3.63) is 71.6 Å². The third-order valence-corrected chi connectivity index (χ3v) is 8.57. The van der Waals surface area contributed by atoms with Crippen molar-refractivity contribution >= 4 is 45.1 Å². The quantitative estimate of drug-likeness (QED) is 0.143. The number of carbonyl (C=O) groups is 2. The van der Waals surface area contributed by atoms with Crippen molar-refractivity contribution in [2.24, 2.45) is 0 Å². The van der Waals surface area contributed by atoms with Gasteiger partial charge in [0.25, 0.3) is 5.91 Å². The van der Waals surface area contributed by atoms with Crippen LogP contribution in [0.15, 0.2) is 48.8 Å². The van der Waals surface area contributed by atoms with E-state index in [0.29, 0.717) is 33.2 Å². The molecule has 250 valence electrons. The van der Waals surface area contributed by atoms with Gasteiger partial charge in [0.1, 0.15) is 23.3 Å². The predicted molar refractivity (Wildman–Crippen MR) is 174 cm³/mol. The summed E-state index contributed by atoms with van der Waals surface area (Å²) in [6, 6.07) is 8.64. The predicted octanol–water partition coefficient (Wildman–Crippen LogP) is 4.60. The van der Waals surface area contributed by atoms with Crippen molar-refractivity contribution in [2.75, 3.05) is 23.8 Å². The number of hydrogen-bond acceptors (Lipinski definition) is 9. The first-order valence-corrected chi connectivity index (χ1v) is 15.8. The van der Waals surface area contributed by atoms with Gasteiger partial charge in [0.05, 0.1) is 29.9 Å². The van der Waals surface area contributed by atoms with Crippen molar-refractivity contribution in [1.29, 1.82) is 0 Å². The minimum atomic E-state index is -1.16. The van der Waals surface area contributed by atoms with Crippen molar-refractivity contribution < 1.29 is 38.8 Å². The maximum absolute atomic E-state index is 13.8. The van der Waals surface area contributed by atoms with Gasteiger partial charge in [-0.1, -0.05) is 0 Å². The molecule has 0 atom stereocenters. The van der Waals surface area contributed by atoms with Gasteiger partial charge in [-0.3, -0.25) is 4.79 Å². The third kappa shape index (κ3) is 8.88. The number of aliphatic hydroxyl groups is 3. The number of aliphatic hydroxyl groups excluding tert-OH is 3. The first kappa shape index (κ1) is 33.9. The van der Waals surface area contributed by atoms with E-state index in [1.807, 2.05) is 0 Å². The number of aromatic carboxylic acids is 1. The molecule has 2 aliphatic rings. The second kappa shape index (κ2) is 15.4. The molecule has 6 rings (SSSR count). The highest BCUT2D eigenvalue weighted by molar-refractivity contribution is 6.07. The Hall–Kier alpha value is -4.46. The number of anilines is 2. The van der Waals surface area contributed by atoms with Crippen molar-refractivity contribution in [3.8, 4) is 0 Å². The summed E-state index contributed by atoms with van der Waals surface area (Å²) < 4.78 is 27.2. The maximum Gasteiger partial charge on any atom is 0.336 e. The van der Waals surface area contributed by atoms with Gasteiger partial charge in [0.15, 0.2) is 0 Å². The van der Waals surface area contributed by atoms with Gasteiger partial charge in [-0.25, -0.2) is 23.5 Å². The van der Waals surface area contributed by atoms with Crippen LogP contribution >= 0.6 is 0 Å². The van der Waals surface area contributed by atoms with Crippen LogP contribution in [0, 0.1) is 11.6 Å². The summed E-state index contributed by atoms with van der Waals surface area (Å²) in [7, 11) is 0. The van der Waals surface area contributed by atoms with Gasteiger partial charge in [-0.2, -0.15) is 0 Å². The molecule has 0 aliphatic heterocycles. The molecule has 2 heterocycles. The molecule has 11 nitrogen and oxygen atoms in total. The minimum Gasteiger partial charge on any atom is -0.478 e. The zero-order valence-corrected chi connectivity index (χ0v) is 25.8. The molecule has 47 heavy (non-hydrogen) atoms. The molecule has 1 amide bonds. The zero-order valence-electron chi connectivity index (χ0n) is 25.8. The largest absolute Gasteiger partial charge is 0.478 e. The molecule has 2 fully saturated rings. The van der Waals surface area contributed by atoms with Crippen LogP contribution in [0.1, 0.15) is 72.1 Å². The van der Waals surface area contributed by atoms with Crippen molar-refractivity contribution in [2.45, 2.75) is 75.7 Å². The molecule has 0 saturated heterocycles. The standard InChI is InChI=1S/C18H22FN3O3.C16H17FN2O3/c19-12-7-11-10-21-17(22-13-1-3-14(24)4-2-13)9-15(11)16(8-12)18(25)20-5-6-23;17-10-5-9-8-18-15(7-13(9)14(6-10)16(21)22)19-11-1-3-12(20)4-2-11/h7-10,13-14,23-24H,1-6H2,(H,20,25)(H,21,22);5-8,11-12,20H,1-4H2,(H,18,19)(H,21,22). The van der Waals surface area contributed by atoms with Crippen LogP contribution < -0.4 is 16.0 Å². The lowest BCUT2D eigenvalue weighted by Gasteiger charge is -2.26. The lowest BCUT2D eigenvalue weighted by Crippen LogP contribution is -2.28. The Morgan fingerprint density at radius 2 is 1.15 bits per heavy atom. The smallest absolute Gasteiger partial charge is 0.336 e. The van der Waals surface area contributed by atoms with Gasteiger partial charge in [-0.05, 0) is 93.2 Å². The topological polar surface area (TPSA) is 177 Å². The van der Waals surface area contributed by atoms with Gasteiger partial charge in [0, 0.05) is 47.2 Å².